The van der Waals surface area contributed by atoms with E-state index in [-0.39, 0.29) is 40.8 Å². The second-order valence-corrected chi connectivity index (χ2v) is 10.2. The lowest BCUT2D eigenvalue weighted by Gasteiger charge is -2.09. The summed E-state index contributed by atoms with van der Waals surface area (Å²) in [6, 6.07) is 16.6. The van der Waals surface area contributed by atoms with Crippen LogP contribution in [0.25, 0.3) is 0 Å². The predicted octanol–water partition coefficient (Wildman–Crippen LogP) is 1.83. The number of nitrogens with zero attached hydrogens (tertiary/aromatic N) is 1. The van der Waals surface area contributed by atoms with Crippen LogP contribution in [0.3, 0.4) is 0 Å². The van der Waals surface area contributed by atoms with Gasteiger partial charge in [-0.3, -0.25) is 24.2 Å². The van der Waals surface area contributed by atoms with E-state index in [0.29, 0.717) is 26.2 Å². The van der Waals surface area contributed by atoms with Crippen molar-refractivity contribution in [1.82, 2.24) is 20.3 Å². The molecule has 2 aromatic carbocycles. The molecule has 0 bridgehead atoms. The van der Waals surface area contributed by atoms with Crippen LogP contribution in [0.5, 0.6) is 0 Å². The van der Waals surface area contributed by atoms with Crippen molar-refractivity contribution in [3.8, 4) is 0 Å². The first-order valence-electron chi connectivity index (χ1n) is 12.7. The van der Waals surface area contributed by atoms with Crippen molar-refractivity contribution in [3.05, 3.63) is 95.3 Å². The number of benzene rings is 2. The number of carbonyl (C=O) groups excluding carboxylic acids is 4. The van der Waals surface area contributed by atoms with E-state index in [0.717, 1.165) is 11.8 Å². The summed E-state index contributed by atoms with van der Waals surface area (Å²) in [4.78, 5) is 52.5. The molecule has 1 heterocycles. The van der Waals surface area contributed by atoms with Crippen LogP contribution in [0.1, 0.15) is 50.1 Å². The summed E-state index contributed by atoms with van der Waals surface area (Å²) in [7, 11) is -4.25. The lowest BCUT2D eigenvalue weighted by molar-refractivity contribution is -0.143. The first kappa shape index (κ1) is 30.9. The minimum absolute atomic E-state index is 0.0649. The van der Waals surface area contributed by atoms with E-state index in [1.54, 1.807) is 12.1 Å². The topological polar surface area (TPSA) is 170 Å². The van der Waals surface area contributed by atoms with E-state index in [2.05, 4.69) is 15.6 Å². The van der Waals surface area contributed by atoms with E-state index in [1.165, 1.54) is 36.4 Å². The number of esters is 1. The number of ether oxygens (including phenoxy) is 2. The van der Waals surface area contributed by atoms with Crippen LogP contribution in [0.2, 0.25) is 0 Å². The number of sulfonamides is 1. The van der Waals surface area contributed by atoms with Crippen molar-refractivity contribution in [2.24, 2.45) is 0 Å². The van der Waals surface area contributed by atoms with Gasteiger partial charge in [-0.1, -0.05) is 30.3 Å². The van der Waals surface area contributed by atoms with Crippen molar-refractivity contribution in [2.75, 3.05) is 26.3 Å². The first-order valence-corrected chi connectivity index (χ1v) is 14.1. The molecule has 12 nitrogen and oxygen atoms in total. The molecule has 0 unspecified atom stereocenters. The normalized spacial score (nSPS) is 10.9. The molecule has 0 aliphatic rings. The van der Waals surface area contributed by atoms with Gasteiger partial charge >= 0.3 is 5.97 Å². The lowest BCUT2D eigenvalue weighted by atomic mass is 10.2. The number of nitrogens with one attached hydrogen (secondary N) is 3. The van der Waals surface area contributed by atoms with Gasteiger partial charge in [-0.05, 0) is 55.3 Å². The highest BCUT2D eigenvalue weighted by Crippen LogP contribution is 2.12. The standard InChI is InChI=1S/C28H30N4O8S/c1-2-39-16-6-15-29-26(34)21-9-12-23(13-10-21)41(37,38)32-27(35)22-11-14-24(30-17-22)28(36)31-18-25(33)40-19-20-7-4-3-5-8-20/h3-5,7-14,17H,2,6,15-16,18-19H2,1H3,(H,29,34)(H,31,36)(H,32,35). The maximum atomic E-state index is 12.7. The van der Waals surface area contributed by atoms with Gasteiger partial charge in [0.15, 0.2) is 0 Å². The number of hydrogen-bond donors (Lipinski definition) is 3. The lowest BCUT2D eigenvalue weighted by Crippen LogP contribution is -2.32. The monoisotopic (exact) mass is 582 g/mol. The highest BCUT2D eigenvalue weighted by Gasteiger charge is 2.20. The molecule has 3 rings (SSSR count). The maximum Gasteiger partial charge on any atom is 0.325 e. The molecule has 3 N–H and O–H groups in total. The van der Waals surface area contributed by atoms with Gasteiger partial charge in [0.25, 0.3) is 27.7 Å². The summed E-state index contributed by atoms with van der Waals surface area (Å²) < 4.78 is 37.5. The van der Waals surface area contributed by atoms with E-state index in [9.17, 15) is 27.6 Å². The van der Waals surface area contributed by atoms with Crippen LogP contribution in [-0.4, -0.2) is 63.4 Å². The number of hydrogen-bond acceptors (Lipinski definition) is 9. The second-order valence-electron chi connectivity index (χ2n) is 8.53. The zero-order valence-corrected chi connectivity index (χ0v) is 23.1. The first-order chi connectivity index (χ1) is 19.7. The number of pyridine rings is 1. The van der Waals surface area contributed by atoms with Crippen molar-refractivity contribution in [1.29, 1.82) is 0 Å². The molecule has 0 radical (unpaired) electrons. The minimum Gasteiger partial charge on any atom is -0.460 e. The van der Waals surface area contributed by atoms with Gasteiger partial charge in [0.1, 0.15) is 18.8 Å². The molecule has 3 aromatic rings. The molecular weight excluding hydrogens is 552 g/mol. The van der Waals surface area contributed by atoms with Crippen LogP contribution in [-0.2, 0) is 30.9 Å². The van der Waals surface area contributed by atoms with E-state index in [4.69, 9.17) is 9.47 Å². The maximum absolute atomic E-state index is 12.7. The average Bonchev–Trinajstić information content (AvgIpc) is 2.99. The van der Waals surface area contributed by atoms with Gasteiger partial charge in [-0.15, -0.1) is 0 Å². The van der Waals surface area contributed by atoms with Crippen molar-refractivity contribution < 1.29 is 37.1 Å². The van der Waals surface area contributed by atoms with Crippen LogP contribution < -0.4 is 15.4 Å². The largest absolute Gasteiger partial charge is 0.460 e. The fourth-order valence-corrected chi connectivity index (χ4v) is 4.32. The number of carbonyl (C=O) groups is 4. The number of aromatic nitrogens is 1. The van der Waals surface area contributed by atoms with E-state index < -0.39 is 27.8 Å². The second kappa shape index (κ2) is 15.2. The molecule has 0 spiro atoms. The van der Waals surface area contributed by atoms with Crippen LogP contribution in [0.15, 0.2) is 77.8 Å². The quantitative estimate of drug-likeness (QED) is 0.190. The Hall–Kier alpha value is -4.62. The van der Waals surface area contributed by atoms with Crippen molar-refractivity contribution in [2.45, 2.75) is 24.8 Å². The molecule has 216 valence electrons. The third kappa shape index (κ3) is 9.81. The Balaban J connectivity index is 1.48. The van der Waals surface area contributed by atoms with Gasteiger partial charge in [0.2, 0.25) is 0 Å². The summed E-state index contributed by atoms with van der Waals surface area (Å²) in [6.45, 7) is 3.07. The van der Waals surface area contributed by atoms with Crippen LogP contribution in [0.4, 0.5) is 0 Å². The van der Waals surface area contributed by atoms with Gasteiger partial charge in [0, 0.05) is 31.5 Å². The number of amides is 3. The van der Waals surface area contributed by atoms with Crippen molar-refractivity contribution >= 4 is 33.7 Å². The predicted molar refractivity (Wildman–Crippen MR) is 147 cm³/mol. The molecule has 0 fully saturated rings. The highest BCUT2D eigenvalue weighted by molar-refractivity contribution is 7.90. The third-order valence-corrected chi connectivity index (χ3v) is 6.85. The Morgan fingerprint density at radius 3 is 2.20 bits per heavy atom. The smallest absolute Gasteiger partial charge is 0.325 e. The Bertz CT molecular complexity index is 1440. The van der Waals surface area contributed by atoms with Crippen LogP contribution in [0, 0.1) is 0 Å². The zero-order chi connectivity index (χ0) is 29.7. The van der Waals surface area contributed by atoms with Gasteiger partial charge in [0.05, 0.1) is 10.5 Å². The van der Waals surface area contributed by atoms with Crippen molar-refractivity contribution in [3.63, 3.8) is 0 Å². The Morgan fingerprint density at radius 2 is 1.54 bits per heavy atom. The van der Waals surface area contributed by atoms with E-state index >= 15 is 0 Å². The van der Waals surface area contributed by atoms with Gasteiger partial charge in [-0.2, -0.15) is 0 Å². The number of rotatable bonds is 14. The molecule has 41 heavy (non-hydrogen) atoms. The Morgan fingerprint density at radius 1 is 0.829 bits per heavy atom. The minimum atomic E-state index is -4.25. The molecular formula is C28H30N4O8S. The molecule has 1 aromatic heterocycles. The zero-order valence-electron chi connectivity index (χ0n) is 22.3. The Kier molecular flexibility index (Phi) is 11.5. The van der Waals surface area contributed by atoms with E-state index in [1.807, 2.05) is 29.8 Å². The summed E-state index contributed by atoms with van der Waals surface area (Å²) in [5, 5.41) is 5.08. The van der Waals surface area contributed by atoms with Gasteiger partial charge < -0.3 is 20.1 Å². The highest BCUT2D eigenvalue weighted by atomic mass is 32.2. The average molecular weight is 583 g/mol. The summed E-state index contributed by atoms with van der Waals surface area (Å²) in [6.07, 6.45) is 1.68. The molecule has 13 heteroatoms. The van der Waals surface area contributed by atoms with Gasteiger partial charge in [-0.25, -0.2) is 13.1 Å². The summed E-state index contributed by atoms with van der Waals surface area (Å²) in [5.74, 6) is -2.66. The molecule has 0 atom stereocenters. The summed E-state index contributed by atoms with van der Waals surface area (Å²) in [5.41, 5.74) is 0.852. The molecule has 0 aliphatic heterocycles. The fraction of sp³-hybridized carbons (Fsp3) is 0.250. The summed E-state index contributed by atoms with van der Waals surface area (Å²) >= 11 is 0. The Labute approximate surface area is 237 Å². The molecule has 0 saturated carbocycles. The third-order valence-electron chi connectivity index (χ3n) is 5.50. The SMILES string of the molecule is CCOCCCNC(=O)c1ccc(S(=O)(=O)NC(=O)c2ccc(C(=O)NCC(=O)OCc3ccccc3)nc2)cc1. The van der Waals surface area contributed by atoms with Crippen LogP contribution >= 0.6 is 0 Å². The molecule has 0 aliphatic carbocycles. The molecule has 0 saturated heterocycles. The molecule has 3 amide bonds. The fourth-order valence-electron chi connectivity index (χ4n) is 3.34.